The number of Topliss-reactive ketones (excluding diaryl/α,β-unsaturated/α-hetero) is 1. The summed E-state index contributed by atoms with van der Waals surface area (Å²) in [5.41, 5.74) is 2.08. The highest BCUT2D eigenvalue weighted by Crippen LogP contribution is 2.42. The molecule has 0 amide bonds. The number of hydrogen-bond donors (Lipinski definition) is 0. The van der Waals surface area contributed by atoms with Crippen LogP contribution in [-0.4, -0.2) is 21.2 Å². The average molecular weight is 375 g/mol. The van der Waals surface area contributed by atoms with Crippen molar-refractivity contribution in [3.63, 3.8) is 0 Å². The van der Waals surface area contributed by atoms with Crippen LogP contribution < -0.4 is 4.74 Å². The predicted octanol–water partition coefficient (Wildman–Crippen LogP) is 6.36. The zero-order valence-corrected chi connectivity index (χ0v) is 18.4. The molecular weight excluding hydrogens is 340 g/mol. The Morgan fingerprint density at radius 1 is 1.19 bits per heavy atom. The van der Waals surface area contributed by atoms with Crippen molar-refractivity contribution in [3.05, 3.63) is 41.2 Å². The first-order valence-electron chi connectivity index (χ1n) is 9.61. The fourth-order valence-electron chi connectivity index (χ4n) is 3.13. The number of rotatable bonds is 6. The van der Waals surface area contributed by atoms with E-state index in [0.717, 1.165) is 36.3 Å². The average Bonchev–Trinajstić information content (AvgIpc) is 2.57. The molecule has 0 saturated carbocycles. The van der Waals surface area contributed by atoms with E-state index in [1.807, 2.05) is 24.3 Å². The number of carbonyl (C=O) groups is 1. The van der Waals surface area contributed by atoms with Crippen LogP contribution in [0.2, 0.25) is 18.1 Å². The predicted molar refractivity (Wildman–Crippen MR) is 110 cm³/mol. The van der Waals surface area contributed by atoms with E-state index in [-0.39, 0.29) is 16.7 Å². The summed E-state index contributed by atoms with van der Waals surface area (Å²) in [5.74, 6) is 2.26. The van der Waals surface area contributed by atoms with E-state index in [9.17, 15) is 4.79 Å². The number of ketones is 1. The summed E-state index contributed by atoms with van der Waals surface area (Å²) >= 11 is 0. The van der Waals surface area contributed by atoms with Crippen LogP contribution in [0.4, 0.5) is 0 Å². The first-order chi connectivity index (χ1) is 12.0. The van der Waals surface area contributed by atoms with Gasteiger partial charge in [0.25, 0.3) is 0 Å². The molecule has 26 heavy (non-hydrogen) atoms. The highest BCUT2D eigenvalue weighted by atomic mass is 28.4. The second-order valence-corrected chi connectivity index (χ2v) is 13.7. The molecule has 4 heteroatoms. The number of benzene rings is 1. The number of allylic oxidation sites excluding steroid dienone is 2. The maximum Gasteiger partial charge on any atom is 0.250 e. The molecular formula is C22H34O3Si. The first-order valence-corrected chi connectivity index (χ1v) is 12.5. The molecule has 1 aromatic rings. The molecule has 1 unspecified atom stereocenters. The van der Waals surface area contributed by atoms with Gasteiger partial charge >= 0.3 is 0 Å². The molecule has 0 spiro atoms. The highest BCUT2D eigenvalue weighted by molar-refractivity contribution is 6.74. The fraction of sp³-hybridized carbons (Fsp3) is 0.591. The third-order valence-electron chi connectivity index (χ3n) is 5.91. The summed E-state index contributed by atoms with van der Waals surface area (Å²) in [4.78, 5) is 12.8. The Hall–Kier alpha value is -1.55. The van der Waals surface area contributed by atoms with Crippen LogP contribution in [0.15, 0.2) is 35.6 Å². The minimum absolute atomic E-state index is 0.155. The van der Waals surface area contributed by atoms with E-state index < -0.39 is 8.32 Å². The number of hydrogen-bond acceptors (Lipinski definition) is 3. The summed E-state index contributed by atoms with van der Waals surface area (Å²) < 4.78 is 11.9. The molecule has 0 heterocycles. The van der Waals surface area contributed by atoms with E-state index in [2.05, 4.69) is 40.8 Å². The minimum atomic E-state index is -1.90. The van der Waals surface area contributed by atoms with Crippen molar-refractivity contribution in [2.24, 2.45) is 5.92 Å². The molecule has 2 rings (SSSR count). The number of carbonyl (C=O) groups excluding carboxylic acids is 1. The standard InChI is InChI=1S/C22H34O3Si/c1-16-9-8-10-18(21(16)25-26(6,7)22(2,3)4)15-20(23)17-11-13-19(24-5)14-12-17/h11-14,18H,8-10,15H2,1-7H3. The first kappa shape index (κ1) is 20.8. The third-order valence-corrected chi connectivity index (χ3v) is 10.3. The topological polar surface area (TPSA) is 35.5 Å². The molecule has 0 aromatic heterocycles. The van der Waals surface area contributed by atoms with Crippen LogP contribution in [0.3, 0.4) is 0 Å². The largest absolute Gasteiger partial charge is 0.546 e. The minimum Gasteiger partial charge on any atom is -0.546 e. The lowest BCUT2D eigenvalue weighted by Crippen LogP contribution is -2.42. The number of methoxy groups -OCH3 is 1. The normalized spacial score (nSPS) is 18.7. The smallest absolute Gasteiger partial charge is 0.250 e. The Balaban J connectivity index is 2.18. The van der Waals surface area contributed by atoms with Gasteiger partial charge in [0.2, 0.25) is 8.32 Å². The van der Waals surface area contributed by atoms with Crippen LogP contribution in [0, 0.1) is 5.92 Å². The van der Waals surface area contributed by atoms with Gasteiger partial charge < -0.3 is 9.16 Å². The van der Waals surface area contributed by atoms with Gasteiger partial charge in [0.05, 0.1) is 12.9 Å². The maximum absolute atomic E-state index is 12.8. The van der Waals surface area contributed by atoms with Crippen LogP contribution >= 0.6 is 0 Å². The van der Waals surface area contributed by atoms with Gasteiger partial charge in [0.1, 0.15) is 5.75 Å². The molecule has 1 aliphatic rings. The zero-order chi connectivity index (χ0) is 19.5. The molecule has 144 valence electrons. The van der Waals surface area contributed by atoms with Crippen molar-refractivity contribution in [3.8, 4) is 5.75 Å². The third kappa shape index (κ3) is 4.79. The van der Waals surface area contributed by atoms with Gasteiger partial charge in [0, 0.05) is 17.9 Å². The van der Waals surface area contributed by atoms with Crippen molar-refractivity contribution >= 4 is 14.1 Å². The van der Waals surface area contributed by atoms with E-state index in [0.29, 0.717) is 6.42 Å². The van der Waals surface area contributed by atoms with Gasteiger partial charge in [-0.1, -0.05) is 20.8 Å². The van der Waals surface area contributed by atoms with Crippen molar-refractivity contribution in [1.29, 1.82) is 0 Å². The maximum atomic E-state index is 12.8. The Morgan fingerprint density at radius 2 is 1.81 bits per heavy atom. The molecule has 1 atom stereocenters. The summed E-state index contributed by atoms with van der Waals surface area (Å²) in [6, 6.07) is 7.41. The van der Waals surface area contributed by atoms with Crippen molar-refractivity contribution in [2.75, 3.05) is 7.11 Å². The lowest BCUT2D eigenvalue weighted by Gasteiger charge is -2.40. The van der Waals surface area contributed by atoms with E-state index >= 15 is 0 Å². The van der Waals surface area contributed by atoms with Crippen molar-refractivity contribution in [2.45, 2.75) is 71.5 Å². The summed E-state index contributed by atoms with van der Waals surface area (Å²) in [6.45, 7) is 13.5. The molecule has 0 fully saturated rings. The second kappa shape index (κ2) is 7.99. The zero-order valence-electron chi connectivity index (χ0n) is 17.4. The van der Waals surface area contributed by atoms with Crippen LogP contribution in [0.5, 0.6) is 5.75 Å². The fourth-order valence-corrected chi connectivity index (χ4v) is 4.32. The molecule has 1 aliphatic carbocycles. The van der Waals surface area contributed by atoms with Gasteiger partial charge in [0.15, 0.2) is 5.78 Å². The Bertz CT molecular complexity index is 666. The van der Waals surface area contributed by atoms with Crippen LogP contribution in [0.25, 0.3) is 0 Å². The van der Waals surface area contributed by atoms with Gasteiger partial charge in [-0.2, -0.15) is 0 Å². The van der Waals surface area contributed by atoms with Crippen molar-refractivity contribution in [1.82, 2.24) is 0 Å². The van der Waals surface area contributed by atoms with E-state index in [1.54, 1.807) is 7.11 Å². The molecule has 0 aliphatic heterocycles. The Labute approximate surface area is 159 Å². The lowest BCUT2D eigenvalue weighted by atomic mass is 9.85. The second-order valence-electron chi connectivity index (χ2n) is 8.95. The van der Waals surface area contributed by atoms with Gasteiger partial charge in [-0.15, -0.1) is 0 Å². The highest BCUT2D eigenvalue weighted by Gasteiger charge is 2.41. The van der Waals surface area contributed by atoms with E-state index in [1.165, 1.54) is 5.57 Å². The quantitative estimate of drug-likeness (QED) is 0.429. The molecule has 0 bridgehead atoms. The van der Waals surface area contributed by atoms with Crippen LogP contribution in [-0.2, 0) is 4.43 Å². The molecule has 0 saturated heterocycles. The summed E-state index contributed by atoms with van der Waals surface area (Å²) in [6.07, 6.45) is 3.77. The summed E-state index contributed by atoms with van der Waals surface area (Å²) in [7, 11) is -0.269. The van der Waals surface area contributed by atoms with Crippen LogP contribution in [0.1, 0.15) is 63.7 Å². The molecule has 3 nitrogen and oxygen atoms in total. The van der Waals surface area contributed by atoms with Crippen molar-refractivity contribution < 1.29 is 14.0 Å². The van der Waals surface area contributed by atoms with E-state index in [4.69, 9.17) is 9.16 Å². The number of ether oxygens (including phenoxy) is 1. The Kier molecular flexibility index (Phi) is 6.38. The Morgan fingerprint density at radius 3 is 2.35 bits per heavy atom. The molecule has 1 aromatic carbocycles. The van der Waals surface area contributed by atoms with Gasteiger partial charge in [-0.05, 0) is 74.2 Å². The van der Waals surface area contributed by atoms with Gasteiger partial charge in [-0.25, -0.2) is 0 Å². The molecule has 0 radical (unpaired) electrons. The lowest BCUT2D eigenvalue weighted by molar-refractivity contribution is 0.0952. The summed E-state index contributed by atoms with van der Waals surface area (Å²) in [5, 5.41) is 0.155. The molecule has 0 N–H and O–H groups in total. The monoisotopic (exact) mass is 374 g/mol. The van der Waals surface area contributed by atoms with Gasteiger partial charge in [-0.3, -0.25) is 4.79 Å². The SMILES string of the molecule is COc1ccc(C(=O)CC2CCCC(C)=C2O[Si](C)(C)C(C)(C)C)cc1.